The molecule has 0 saturated heterocycles. The van der Waals surface area contributed by atoms with Crippen molar-refractivity contribution in [1.29, 1.82) is 0 Å². The Morgan fingerprint density at radius 3 is 2.76 bits per heavy atom. The standard InChI is InChI=1S/C15H19ClN2O2S/c1-9(17)4-11-5-12(16)6-14(19-3)15(11)20-7-13-8-21-10(2)18-13/h5-6,8-9H,4,7,17H2,1-3H3. The monoisotopic (exact) mass is 326 g/mol. The van der Waals surface area contributed by atoms with E-state index in [0.717, 1.165) is 16.3 Å². The van der Waals surface area contributed by atoms with Gasteiger partial charge in [0.1, 0.15) is 6.61 Å². The van der Waals surface area contributed by atoms with Crippen LogP contribution in [0.3, 0.4) is 0 Å². The van der Waals surface area contributed by atoms with Crippen LogP contribution in [0.5, 0.6) is 11.5 Å². The van der Waals surface area contributed by atoms with Crippen LogP contribution in [0.4, 0.5) is 0 Å². The molecule has 1 aromatic carbocycles. The number of halogens is 1. The first-order chi connectivity index (χ1) is 9.99. The van der Waals surface area contributed by atoms with Crippen LogP contribution < -0.4 is 15.2 Å². The molecule has 2 aromatic rings. The lowest BCUT2D eigenvalue weighted by atomic mass is 10.1. The summed E-state index contributed by atoms with van der Waals surface area (Å²) in [6.45, 7) is 4.31. The van der Waals surface area contributed by atoms with Crippen LogP contribution in [-0.4, -0.2) is 18.1 Å². The fourth-order valence-electron chi connectivity index (χ4n) is 2.06. The van der Waals surface area contributed by atoms with E-state index in [-0.39, 0.29) is 6.04 Å². The van der Waals surface area contributed by atoms with E-state index >= 15 is 0 Å². The fourth-order valence-corrected chi connectivity index (χ4v) is 2.89. The highest BCUT2D eigenvalue weighted by Gasteiger charge is 2.15. The molecule has 21 heavy (non-hydrogen) atoms. The predicted molar refractivity (Wildman–Crippen MR) is 86.5 cm³/mol. The zero-order chi connectivity index (χ0) is 15.4. The highest BCUT2D eigenvalue weighted by Crippen LogP contribution is 2.36. The molecule has 6 heteroatoms. The lowest BCUT2D eigenvalue weighted by molar-refractivity contribution is 0.277. The molecule has 1 heterocycles. The maximum atomic E-state index is 6.12. The van der Waals surface area contributed by atoms with Crippen molar-refractivity contribution in [2.24, 2.45) is 5.73 Å². The van der Waals surface area contributed by atoms with Gasteiger partial charge in [-0.2, -0.15) is 0 Å². The minimum absolute atomic E-state index is 0.0111. The lowest BCUT2D eigenvalue weighted by Gasteiger charge is -2.16. The van der Waals surface area contributed by atoms with Gasteiger partial charge in [0.25, 0.3) is 0 Å². The molecular weight excluding hydrogens is 308 g/mol. The van der Waals surface area contributed by atoms with Gasteiger partial charge in [-0.25, -0.2) is 4.98 Å². The summed E-state index contributed by atoms with van der Waals surface area (Å²) in [7, 11) is 1.60. The molecule has 0 amide bonds. The van der Waals surface area contributed by atoms with Gasteiger partial charge in [-0.05, 0) is 26.3 Å². The second kappa shape index (κ2) is 7.11. The molecule has 2 rings (SSSR count). The first kappa shape index (κ1) is 16.1. The number of ether oxygens (including phenoxy) is 2. The summed E-state index contributed by atoms with van der Waals surface area (Å²) in [5.74, 6) is 1.30. The number of hydrogen-bond acceptors (Lipinski definition) is 5. The van der Waals surface area contributed by atoms with Crippen molar-refractivity contribution in [2.75, 3.05) is 7.11 Å². The summed E-state index contributed by atoms with van der Waals surface area (Å²) >= 11 is 7.72. The molecule has 0 aliphatic rings. The highest BCUT2D eigenvalue weighted by molar-refractivity contribution is 7.09. The van der Waals surface area contributed by atoms with Crippen LogP contribution in [0.1, 0.15) is 23.2 Å². The summed E-state index contributed by atoms with van der Waals surface area (Å²) in [5.41, 5.74) is 7.74. The Morgan fingerprint density at radius 1 is 1.43 bits per heavy atom. The Balaban J connectivity index is 2.26. The maximum absolute atomic E-state index is 6.12. The van der Waals surface area contributed by atoms with E-state index in [1.165, 1.54) is 0 Å². The summed E-state index contributed by atoms with van der Waals surface area (Å²) < 4.78 is 11.3. The molecule has 0 fully saturated rings. The van der Waals surface area contributed by atoms with E-state index < -0.39 is 0 Å². The third-order valence-electron chi connectivity index (χ3n) is 2.89. The molecule has 0 radical (unpaired) electrons. The van der Waals surface area contributed by atoms with Crippen LogP contribution >= 0.6 is 22.9 Å². The molecule has 2 N–H and O–H groups in total. The minimum atomic E-state index is 0.0111. The topological polar surface area (TPSA) is 57.4 Å². The van der Waals surface area contributed by atoms with Crippen molar-refractivity contribution in [3.05, 3.63) is 38.8 Å². The van der Waals surface area contributed by atoms with Gasteiger partial charge in [0, 0.05) is 28.1 Å². The zero-order valence-corrected chi connectivity index (χ0v) is 13.9. The van der Waals surface area contributed by atoms with Crippen LogP contribution in [0, 0.1) is 6.92 Å². The van der Waals surface area contributed by atoms with Crippen LogP contribution in [0.15, 0.2) is 17.5 Å². The van der Waals surface area contributed by atoms with E-state index in [0.29, 0.717) is 29.5 Å². The normalized spacial score (nSPS) is 12.2. The number of methoxy groups -OCH3 is 1. The number of rotatable bonds is 6. The Hall–Kier alpha value is -1.30. The maximum Gasteiger partial charge on any atom is 0.165 e. The summed E-state index contributed by atoms with van der Waals surface area (Å²) in [5, 5.41) is 3.62. The van der Waals surface area contributed by atoms with Gasteiger partial charge < -0.3 is 15.2 Å². The molecule has 0 saturated carbocycles. The average Bonchev–Trinajstić information content (AvgIpc) is 2.82. The SMILES string of the molecule is COc1cc(Cl)cc(CC(C)N)c1OCc1csc(C)n1. The Bertz CT molecular complexity index is 614. The number of aryl methyl sites for hydroxylation is 1. The third kappa shape index (κ3) is 4.33. The minimum Gasteiger partial charge on any atom is -0.493 e. The van der Waals surface area contributed by atoms with Crippen LogP contribution in [0.2, 0.25) is 5.02 Å². The third-order valence-corrected chi connectivity index (χ3v) is 3.93. The smallest absolute Gasteiger partial charge is 0.165 e. The lowest BCUT2D eigenvalue weighted by Crippen LogP contribution is -2.18. The van der Waals surface area contributed by atoms with Gasteiger partial charge in [-0.15, -0.1) is 11.3 Å². The van der Waals surface area contributed by atoms with Gasteiger partial charge >= 0.3 is 0 Å². The van der Waals surface area contributed by atoms with Gasteiger partial charge in [-0.1, -0.05) is 11.6 Å². The molecule has 0 aliphatic carbocycles. The highest BCUT2D eigenvalue weighted by atomic mass is 35.5. The number of hydrogen-bond donors (Lipinski definition) is 1. The molecule has 4 nitrogen and oxygen atoms in total. The van der Waals surface area contributed by atoms with Crippen LogP contribution in [0.25, 0.3) is 0 Å². The van der Waals surface area contributed by atoms with E-state index in [9.17, 15) is 0 Å². The number of thiazole rings is 1. The molecule has 114 valence electrons. The number of nitrogens with zero attached hydrogens (tertiary/aromatic N) is 1. The van der Waals surface area contributed by atoms with E-state index in [2.05, 4.69) is 4.98 Å². The predicted octanol–water partition coefficient (Wildman–Crippen LogP) is 3.58. The van der Waals surface area contributed by atoms with Gasteiger partial charge in [0.2, 0.25) is 0 Å². The molecule has 1 aromatic heterocycles. The molecular formula is C15H19ClN2O2S. The Labute approximate surface area is 133 Å². The average molecular weight is 327 g/mol. The van der Waals surface area contributed by atoms with Crippen molar-refractivity contribution < 1.29 is 9.47 Å². The van der Waals surface area contributed by atoms with E-state index in [4.69, 9.17) is 26.8 Å². The Morgan fingerprint density at radius 2 is 2.19 bits per heavy atom. The van der Waals surface area contributed by atoms with Gasteiger partial charge in [0.15, 0.2) is 11.5 Å². The largest absolute Gasteiger partial charge is 0.493 e. The fraction of sp³-hybridized carbons (Fsp3) is 0.400. The molecule has 0 aliphatic heterocycles. The van der Waals surface area contributed by atoms with E-state index in [1.54, 1.807) is 24.5 Å². The summed E-state index contributed by atoms with van der Waals surface area (Å²) in [6, 6.07) is 3.63. The van der Waals surface area contributed by atoms with Gasteiger partial charge in [-0.3, -0.25) is 0 Å². The van der Waals surface area contributed by atoms with Crippen molar-refractivity contribution in [2.45, 2.75) is 32.9 Å². The molecule has 0 bridgehead atoms. The van der Waals surface area contributed by atoms with Crippen molar-refractivity contribution in [3.63, 3.8) is 0 Å². The summed E-state index contributed by atoms with van der Waals surface area (Å²) in [4.78, 5) is 4.39. The van der Waals surface area contributed by atoms with Crippen molar-refractivity contribution in [3.8, 4) is 11.5 Å². The second-order valence-electron chi connectivity index (χ2n) is 4.92. The molecule has 1 atom stereocenters. The molecule has 1 unspecified atom stereocenters. The second-order valence-corrected chi connectivity index (χ2v) is 6.42. The quantitative estimate of drug-likeness (QED) is 0.881. The number of aromatic nitrogens is 1. The zero-order valence-electron chi connectivity index (χ0n) is 12.4. The van der Waals surface area contributed by atoms with Gasteiger partial charge in [0.05, 0.1) is 17.8 Å². The first-order valence-corrected chi connectivity index (χ1v) is 7.91. The van der Waals surface area contributed by atoms with Crippen LogP contribution in [-0.2, 0) is 13.0 Å². The Kier molecular flexibility index (Phi) is 5.45. The van der Waals surface area contributed by atoms with Crippen molar-refractivity contribution >= 4 is 22.9 Å². The van der Waals surface area contributed by atoms with Crippen molar-refractivity contribution in [1.82, 2.24) is 4.98 Å². The van der Waals surface area contributed by atoms with E-state index in [1.807, 2.05) is 25.3 Å². The molecule has 0 spiro atoms. The first-order valence-electron chi connectivity index (χ1n) is 6.65. The summed E-state index contributed by atoms with van der Waals surface area (Å²) in [6.07, 6.45) is 0.669. The number of benzene rings is 1. The number of nitrogens with two attached hydrogens (primary N) is 1.